The molecule has 26 heavy (non-hydrogen) atoms. The summed E-state index contributed by atoms with van der Waals surface area (Å²) in [5, 5.41) is 0. The van der Waals surface area contributed by atoms with Crippen molar-refractivity contribution < 1.29 is 4.79 Å². The van der Waals surface area contributed by atoms with Crippen LogP contribution < -0.4 is 0 Å². The molecule has 0 N–H and O–H groups in total. The molecule has 4 heteroatoms. The molecule has 0 spiro atoms. The zero-order chi connectivity index (χ0) is 18.5. The minimum Gasteiger partial charge on any atom is -0.335 e. The molecule has 1 aromatic rings. The Morgan fingerprint density at radius 1 is 1.35 bits per heavy atom. The molecule has 2 bridgehead atoms. The molecule has 3 aliphatic rings. The second-order valence-corrected chi connectivity index (χ2v) is 14.4. The van der Waals surface area contributed by atoms with E-state index in [2.05, 4.69) is 55.1 Å². The smallest absolute Gasteiger partial charge is 0.210 e. The average molecular weight is 367 g/mol. The lowest BCUT2D eigenvalue weighted by Gasteiger charge is -2.60. The zero-order valence-corrected chi connectivity index (χ0v) is 17.5. The number of carbonyl (C=O) groups excluding carboxylic acids is 1. The number of rotatable bonds is 1. The summed E-state index contributed by atoms with van der Waals surface area (Å²) in [6.07, 6.45) is 6.90. The molecule has 1 amide bonds. The third kappa shape index (κ3) is 2.81. The van der Waals surface area contributed by atoms with E-state index in [-0.39, 0.29) is 5.54 Å². The molecule has 0 unspecified atom stereocenters. The van der Waals surface area contributed by atoms with Crippen molar-refractivity contribution in [3.63, 3.8) is 0 Å². The van der Waals surface area contributed by atoms with E-state index in [1.807, 2.05) is 0 Å². The summed E-state index contributed by atoms with van der Waals surface area (Å²) in [4.78, 5) is 19.1. The van der Waals surface area contributed by atoms with Crippen LogP contribution in [-0.4, -0.2) is 30.9 Å². The van der Waals surface area contributed by atoms with Crippen molar-refractivity contribution in [2.75, 3.05) is 6.54 Å². The maximum absolute atomic E-state index is 12.0. The Morgan fingerprint density at radius 3 is 2.88 bits per heavy atom. The molecule has 1 saturated heterocycles. The lowest BCUT2D eigenvalue weighted by Crippen LogP contribution is -2.61. The van der Waals surface area contributed by atoms with Crippen LogP contribution in [0.3, 0.4) is 0 Å². The Kier molecular flexibility index (Phi) is 4.26. The second-order valence-electron chi connectivity index (χ2n) is 9.67. The highest BCUT2D eigenvalue weighted by atomic mass is 28.3. The molecule has 4 rings (SSSR count). The van der Waals surface area contributed by atoms with E-state index in [9.17, 15) is 4.79 Å². The quantitative estimate of drug-likeness (QED) is 0.428. The maximum Gasteiger partial charge on any atom is 0.210 e. The summed E-state index contributed by atoms with van der Waals surface area (Å²) in [5.74, 6) is 5.24. The van der Waals surface area contributed by atoms with Gasteiger partial charge in [0.15, 0.2) is 0 Å². The van der Waals surface area contributed by atoms with Gasteiger partial charge in [0.1, 0.15) is 13.8 Å². The number of likely N-dealkylation sites (tertiary alicyclic amines) is 1. The van der Waals surface area contributed by atoms with Gasteiger partial charge in [0.2, 0.25) is 6.41 Å². The highest BCUT2D eigenvalue weighted by Crippen LogP contribution is 2.58. The molecular weight excluding hydrogens is 336 g/mol. The van der Waals surface area contributed by atoms with E-state index >= 15 is 0 Å². The van der Waals surface area contributed by atoms with Crippen LogP contribution in [0.1, 0.15) is 49.6 Å². The Morgan fingerprint density at radius 2 is 2.15 bits per heavy atom. The van der Waals surface area contributed by atoms with Gasteiger partial charge in [-0.1, -0.05) is 38.6 Å². The Bertz CT molecular complexity index is 788. The van der Waals surface area contributed by atoms with Crippen LogP contribution in [0.4, 0.5) is 0 Å². The summed E-state index contributed by atoms with van der Waals surface area (Å²) in [5.41, 5.74) is 6.74. The minimum absolute atomic E-state index is 0.117. The molecule has 0 radical (unpaired) electrons. The number of hydrogen-bond donors (Lipinski definition) is 0. The van der Waals surface area contributed by atoms with Gasteiger partial charge in [-0.3, -0.25) is 4.79 Å². The molecule has 1 aromatic heterocycles. The lowest BCUT2D eigenvalue weighted by atomic mass is 9.53. The maximum atomic E-state index is 12.0. The molecular formula is C22H30N2OSi. The molecule has 1 saturated carbocycles. The fourth-order valence-corrected chi connectivity index (χ4v) is 6.28. The van der Waals surface area contributed by atoms with E-state index in [0.717, 1.165) is 37.9 Å². The molecule has 2 aliphatic carbocycles. The van der Waals surface area contributed by atoms with Gasteiger partial charge in [-0.25, -0.2) is 4.98 Å². The molecule has 1 aliphatic heterocycles. The highest BCUT2D eigenvalue weighted by molar-refractivity contribution is 6.83. The summed E-state index contributed by atoms with van der Waals surface area (Å²) >= 11 is 0. The zero-order valence-electron chi connectivity index (χ0n) is 16.5. The Labute approximate surface area is 158 Å². The van der Waals surface area contributed by atoms with Crippen molar-refractivity contribution in [2.24, 2.45) is 17.8 Å². The van der Waals surface area contributed by atoms with Crippen molar-refractivity contribution in [3.8, 4) is 11.5 Å². The Balaban J connectivity index is 1.82. The third-order valence-corrected chi connectivity index (χ3v) is 7.44. The highest BCUT2D eigenvalue weighted by Gasteiger charge is 2.57. The number of nitrogens with zero attached hydrogens (tertiary/aromatic N) is 2. The van der Waals surface area contributed by atoms with Gasteiger partial charge in [-0.05, 0) is 61.5 Å². The molecule has 4 atom stereocenters. The third-order valence-electron chi connectivity index (χ3n) is 6.56. The van der Waals surface area contributed by atoms with Crippen LogP contribution in [0.25, 0.3) is 0 Å². The number of hydrogen-bond acceptors (Lipinski definition) is 2. The average Bonchev–Trinajstić information content (AvgIpc) is 2.58. The molecule has 2 heterocycles. The van der Waals surface area contributed by atoms with Crippen LogP contribution in [0, 0.1) is 29.2 Å². The number of pyridine rings is 1. The summed E-state index contributed by atoms with van der Waals surface area (Å²) in [7, 11) is -1.41. The van der Waals surface area contributed by atoms with Gasteiger partial charge >= 0.3 is 0 Å². The molecule has 0 aromatic carbocycles. The molecule has 2 fully saturated rings. The number of aromatic nitrogens is 1. The minimum atomic E-state index is -1.41. The first-order chi connectivity index (χ1) is 12.3. The van der Waals surface area contributed by atoms with Gasteiger partial charge < -0.3 is 4.90 Å². The predicted octanol–water partition coefficient (Wildman–Crippen LogP) is 3.98. The fourth-order valence-electron chi connectivity index (χ4n) is 5.78. The largest absolute Gasteiger partial charge is 0.335 e. The number of piperidine rings is 1. The topological polar surface area (TPSA) is 33.2 Å². The number of carbonyl (C=O) groups is 1. The van der Waals surface area contributed by atoms with Crippen molar-refractivity contribution >= 4 is 14.5 Å². The number of amides is 1. The first-order valence-corrected chi connectivity index (χ1v) is 13.6. The van der Waals surface area contributed by atoms with Crippen LogP contribution in [0.5, 0.6) is 0 Å². The number of fused-ring (bicyclic) bond motifs is 1. The van der Waals surface area contributed by atoms with E-state index in [4.69, 9.17) is 4.98 Å². The van der Waals surface area contributed by atoms with Crippen molar-refractivity contribution in [1.29, 1.82) is 0 Å². The predicted molar refractivity (Wildman–Crippen MR) is 107 cm³/mol. The van der Waals surface area contributed by atoms with Crippen LogP contribution in [-0.2, 0) is 16.8 Å². The van der Waals surface area contributed by atoms with Gasteiger partial charge in [-0.15, -0.1) is 5.54 Å². The monoisotopic (exact) mass is 366 g/mol. The fraction of sp³-hybridized carbons (Fsp3) is 0.636. The first-order valence-electron chi connectivity index (χ1n) is 10.1. The second kappa shape index (κ2) is 6.23. The Hall–Kier alpha value is -1.60. The molecule has 138 valence electrons. The van der Waals surface area contributed by atoms with Crippen LogP contribution >= 0.6 is 0 Å². The van der Waals surface area contributed by atoms with Gasteiger partial charge in [-0.2, -0.15) is 0 Å². The first kappa shape index (κ1) is 17.8. The SMILES string of the molecule is C[C@@H]1C[C@H]2Cc3nc(C#C[Si](C)(C)C)ccc3[C@@]3(C1)[C@@H]2CCCN3C=O. The van der Waals surface area contributed by atoms with Crippen LogP contribution in [0.15, 0.2) is 12.1 Å². The van der Waals surface area contributed by atoms with E-state index < -0.39 is 8.07 Å². The summed E-state index contributed by atoms with van der Waals surface area (Å²) < 4.78 is 0. The van der Waals surface area contributed by atoms with Crippen LogP contribution in [0.2, 0.25) is 19.6 Å². The summed E-state index contributed by atoms with van der Waals surface area (Å²) in [6, 6.07) is 4.34. The van der Waals surface area contributed by atoms with Crippen molar-refractivity contribution in [2.45, 2.75) is 64.2 Å². The van der Waals surface area contributed by atoms with E-state index in [1.54, 1.807) is 0 Å². The van der Waals surface area contributed by atoms with Gasteiger partial charge in [0.05, 0.1) is 5.54 Å². The van der Waals surface area contributed by atoms with Gasteiger partial charge in [0.25, 0.3) is 0 Å². The lowest BCUT2D eigenvalue weighted by molar-refractivity contribution is -0.141. The standard InChI is InChI=1S/C22H30N2OSi/c1-16-12-17-13-21-20(8-7-18(23-21)9-11-26(2,3)4)22(14-16)19(17)6-5-10-24(22)15-25/h7-8,15-17,19H,5-6,10,12-14H2,1-4H3/t16-,17+,19-,22-/m1/s1. The van der Waals surface area contributed by atoms with Crippen molar-refractivity contribution in [3.05, 3.63) is 29.1 Å². The van der Waals surface area contributed by atoms with Crippen molar-refractivity contribution in [1.82, 2.24) is 9.88 Å². The van der Waals surface area contributed by atoms with E-state index in [0.29, 0.717) is 17.8 Å². The molecule has 3 nitrogen and oxygen atoms in total. The van der Waals surface area contributed by atoms with E-state index in [1.165, 1.54) is 24.1 Å². The normalized spacial score (nSPS) is 32.8. The van der Waals surface area contributed by atoms with Gasteiger partial charge in [0, 0.05) is 12.2 Å². The summed E-state index contributed by atoms with van der Waals surface area (Å²) in [6.45, 7) is 10.0.